The van der Waals surface area contributed by atoms with Crippen LogP contribution in [0.2, 0.25) is 0 Å². The van der Waals surface area contributed by atoms with E-state index in [1.54, 1.807) is 0 Å². The Bertz CT molecular complexity index is 684. The molecule has 1 aliphatic heterocycles. The topological polar surface area (TPSA) is 60.8 Å². The number of aliphatic hydroxyl groups is 1. The Hall–Kier alpha value is -1.91. The number of fused-ring (bicyclic) bond motifs is 1. The Morgan fingerprint density at radius 2 is 1.77 bits per heavy atom. The van der Waals surface area contributed by atoms with Crippen LogP contribution in [0, 0.1) is 0 Å². The predicted molar refractivity (Wildman–Crippen MR) is 86.0 cm³/mol. The third-order valence-electron chi connectivity index (χ3n) is 4.77. The third-order valence-corrected chi connectivity index (χ3v) is 4.77. The molecular formula is C18H21NO3. The largest absolute Gasteiger partial charge is 0.481 e. The number of aliphatic carboxylic acids is 1. The Balaban J connectivity index is 2.09. The highest BCUT2D eigenvalue weighted by Gasteiger charge is 2.44. The molecule has 0 spiro atoms. The number of carboxylic acids is 1. The molecule has 116 valence electrons. The summed E-state index contributed by atoms with van der Waals surface area (Å²) < 4.78 is 0. The summed E-state index contributed by atoms with van der Waals surface area (Å²) in [5.41, 5.74) is -0.486. The van der Waals surface area contributed by atoms with Gasteiger partial charge in [-0.25, -0.2) is 0 Å². The smallest absolute Gasteiger partial charge is 0.313 e. The fourth-order valence-electron chi connectivity index (χ4n) is 3.45. The standard InChI is InChI=1S/C18H21NO3/c1-19-11-9-18(22,10-12-19)16(17(20)21)15-8-4-6-13-5-2-3-7-14(13)15/h2-8,16,22H,9-12H2,1H3,(H,20,21). The predicted octanol–water partition coefficient (Wildman–Crippen LogP) is 2.46. The van der Waals surface area contributed by atoms with Crippen LogP contribution < -0.4 is 0 Å². The Morgan fingerprint density at radius 3 is 2.45 bits per heavy atom. The number of carboxylic acid groups (broad SMARTS) is 1. The number of rotatable bonds is 3. The molecule has 1 unspecified atom stereocenters. The molecule has 22 heavy (non-hydrogen) atoms. The van der Waals surface area contributed by atoms with E-state index in [-0.39, 0.29) is 0 Å². The Kier molecular flexibility index (Phi) is 3.89. The SMILES string of the molecule is CN1CCC(O)(C(C(=O)O)c2cccc3ccccc23)CC1. The molecule has 2 N–H and O–H groups in total. The van der Waals surface area contributed by atoms with Crippen LogP contribution in [0.15, 0.2) is 42.5 Å². The number of hydrogen-bond acceptors (Lipinski definition) is 3. The van der Waals surface area contributed by atoms with Gasteiger partial charge in [0.15, 0.2) is 0 Å². The van der Waals surface area contributed by atoms with E-state index >= 15 is 0 Å². The first-order chi connectivity index (χ1) is 10.5. The maximum Gasteiger partial charge on any atom is 0.313 e. The van der Waals surface area contributed by atoms with Gasteiger partial charge in [0.25, 0.3) is 0 Å². The molecule has 1 heterocycles. The van der Waals surface area contributed by atoms with Crippen molar-refractivity contribution in [2.24, 2.45) is 0 Å². The van der Waals surface area contributed by atoms with E-state index < -0.39 is 17.5 Å². The van der Waals surface area contributed by atoms with Crippen LogP contribution in [-0.2, 0) is 4.79 Å². The van der Waals surface area contributed by atoms with E-state index in [4.69, 9.17) is 0 Å². The van der Waals surface area contributed by atoms with E-state index in [1.165, 1.54) is 0 Å². The lowest BCUT2D eigenvalue weighted by molar-refractivity contribution is -0.148. The molecule has 1 atom stereocenters. The Morgan fingerprint density at radius 1 is 1.14 bits per heavy atom. The van der Waals surface area contributed by atoms with Crippen molar-refractivity contribution in [3.63, 3.8) is 0 Å². The van der Waals surface area contributed by atoms with Crippen LogP contribution in [0.4, 0.5) is 0 Å². The van der Waals surface area contributed by atoms with Crippen LogP contribution in [-0.4, -0.2) is 46.8 Å². The van der Waals surface area contributed by atoms with Crippen molar-refractivity contribution in [1.82, 2.24) is 4.90 Å². The van der Waals surface area contributed by atoms with Gasteiger partial charge in [0, 0.05) is 13.1 Å². The van der Waals surface area contributed by atoms with Gasteiger partial charge in [-0.1, -0.05) is 42.5 Å². The van der Waals surface area contributed by atoms with E-state index in [0.717, 1.165) is 10.8 Å². The number of carbonyl (C=O) groups is 1. The van der Waals surface area contributed by atoms with Crippen molar-refractivity contribution in [2.45, 2.75) is 24.4 Å². The average Bonchev–Trinajstić information content (AvgIpc) is 2.51. The van der Waals surface area contributed by atoms with Gasteiger partial charge in [0.2, 0.25) is 0 Å². The van der Waals surface area contributed by atoms with Crippen LogP contribution in [0.5, 0.6) is 0 Å². The van der Waals surface area contributed by atoms with Gasteiger partial charge in [-0.05, 0) is 36.2 Å². The maximum absolute atomic E-state index is 12.0. The summed E-state index contributed by atoms with van der Waals surface area (Å²) in [6.45, 7) is 1.43. The molecule has 0 saturated carbocycles. The molecule has 3 rings (SSSR count). The van der Waals surface area contributed by atoms with Gasteiger partial charge in [-0.3, -0.25) is 4.79 Å². The minimum Gasteiger partial charge on any atom is -0.481 e. The highest BCUT2D eigenvalue weighted by atomic mass is 16.4. The van der Waals surface area contributed by atoms with E-state index in [0.29, 0.717) is 31.5 Å². The van der Waals surface area contributed by atoms with Crippen molar-refractivity contribution < 1.29 is 15.0 Å². The summed E-state index contributed by atoms with van der Waals surface area (Å²) >= 11 is 0. The molecule has 2 aromatic carbocycles. The fourth-order valence-corrected chi connectivity index (χ4v) is 3.45. The van der Waals surface area contributed by atoms with Crippen molar-refractivity contribution >= 4 is 16.7 Å². The van der Waals surface area contributed by atoms with Gasteiger partial charge >= 0.3 is 5.97 Å². The second kappa shape index (κ2) is 5.71. The molecule has 0 bridgehead atoms. The van der Waals surface area contributed by atoms with Gasteiger partial charge in [-0.15, -0.1) is 0 Å². The summed E-state index contributed by atoms with van der Waals surface area (Å²) in [6.07, 6.45) is 0.952. The number of hydrogen-bond donors (Lipinski definition) is 2. The van der Waals surface area contributed by atoms with Crippen molar-refractivity contribution in [3.05, 3.63) is 48.0 Å². The van der Waals surface area contributed by atoms with E-state index in [2.05, 4.69) is 4.90 Å². The molecule has 0 amide bonds. The lowest BCUT2D eigenvalue weighted by atomic mass is 9.74. The monoisotopic (exact) mass is 299 g/mol. The first-order valence-corrected chi connectivity index (χ1v) is 7.63. The van der Waals surface area contributed by atoms with E-state index in [1.807, 2.05) is 49.5 Å². The zero-order valence-corrected chi connectivity index (χ0v) is 12.7. The second-order valence-electron chi connectivity index (χ2n) is 6.25. The minimum atomic E-state index is -1.19. The van der Waals surface area contributed by atoms with Crippen LogP contribution in [0.1, 0.15) is 24.3 Å². The maximum atomic E-state index is 12.0. The van der Waals surface area contributed by atoms with Gasteiger partial charge in [0.1, 0.15) is 5.92 Å². The third kappa shape index (κ3) is 2.60. The average molecular weight is 299 g/mol. The molecular weight excluding hydrogens is 278 g/mol. The molecule has 4 nitrogen and oxygen atoms in total. The lowest BCUT2D eigenvalue weighted by Crippen LogP contribution is -2.49. The van der Waals surface area contributed by atoms with Crippen molar-refractivity contribution in [1.29, 1.82) is 0 Å². The van der Waals surface area contributed by atoms with Crippen molar-refractivity contribution in [3.8, 4) is 0 Å². The van der Waals surface area contributed by atoms with Gasteiger partial charge < -0.3 is 15.1 Å². The first kappa shape index (κ1) is 15.0. The Labute approximate surface area is 130 Å². The summed E-state index contributed by atoms with van der Waals surface area (Å²) in [4.78, 5) is 14.1. The molecule has 1 aliphatic rings. The fraction of sp³-hybridized carbons (Fsp3) is 0.389. The van der Waals surface area contributed by atoms with Crippen molar-refractivity contribution in [2.75, 3.05) is 20.1 Å². The molecule has 0 aromatic heterocycles. The molecule has 0 aliphatic carbocycles. The highest BCUT2D eigenvalue weighted by Crippen LogP contribution is 2.39. The van der Waals surface area contributed by atoms with Gasteiger partial charge in [-0.2, -0.15) is 0 Å². The minimum absolute atomic E-state index is 0.476. The second-order valence-corrected chi connectivity index (χ2v) is 6.25. The van der Waals surface area contributed by atoms with E-state index in [9.17, 15) is 15.0 Å². The van der Waals surface area contributed by atoms with Crippen LogP contribution in [0.25, 0.3) is 10.8 Å². The quantitative estimate of drug-likeness (QED) is 0.914. The highest BCUT2D eigenvalue weighted by molar-refractivity contribution is 5.91. The number of piperidine rings is 1. The van der Waals surface area contributed by atoms with Crippen LogP contribution >= 0.6 is 0 Å². The molecule has 1 saturated heterocycles. The normalized spacial score (nSPS) is 19.9. The summed E-state index contributed by atoms with van der Waals surface area (Å²) in [5, 5.41) is 22.7. The zero-order valence-electron chi connectivity index (χ0n) is 12.7. The number of benzene rings is 2. The molecule has 2 aromatic rings. The number of nitrogens with zero attached hydrogens (tertiary/aromatic N) is 1. The summed E-state index contributed by atoms with van der Waals surface area (Å²) in [5.74, 6) is -1.85. The first-order valence-electron chi connectivity index (χ1n) is 7.63. The zero-order chi connectivity index (χ0) is 15.7. The molecule has 0 radical (unpaired) electrons. The molecule has 4 heteroatoms. The number of likely N-dealkylation sites (tertiary alicyclic amines) is 1. The summed E-state index contributed by atoms with van der Waals surface area (Å²) in [6, 6.07) is 13.4. The summed E-state index contributed by atoms with van der Waals surface area (Å²) in [7, 11) is 1.99. The van der Waals surface area contributed by atoms with Gasteiger partial charge in [0.05, 0.1) is 5.60 Å². The molecule has 1 fully saturated rings. The van der Waals surface area contributed by atoms with Crippen LogP contribution in [0.3, 0.4) is 0 Å². The lowest BCUT2D eigenvalue weighted by Gasteiger charge is -2.40.